The molecular formula is C31H41N3O5. The van der Waals surface area contributed by atoms with Crippen molar-refractivity contribution in [1.82, 2.24) is 9.88 Å². The first kappa shape index (κ1) is 28.5. The van der Waals surface area contributed by atoms with Crippen molar-refractivity contribution < 1.29 is 24.1 Å². The van der Waals surface area contributed by atoms with E-state index < -0.39 is 6.09 Å². The van der Waals surface area contributed by atoms with Crippen LogP contribution in [0.3, 0.4) is 0 Å². The van der Waals surface area contributed by atoms with E-state index in [1.807, 2.05) is 44.2 Å². The Morgan fingerprint density at radius 3 is 2.36 bits per heavy atom. The second-order valence-corrected chi connectivity index (χ2v) is 10.3. The largest absolute Gasteiger partial charge is 0.493 e. The highest BCUT2D eigenvalue weighted by Crippen LogP contribution is 2.39. The lowest BCUT2D eigenvalue weighted by molar-refractivity contribution is 0.192. The first-order valence-electron chi connectivity index (χ1n) is 13.9. The van der Waals surface area contributed by atoms with Gasteiger partial charge in [-0.1, -0.05) is 19.8 Å². The highest BCUT2D eigenvalue weighted by molar-refractivity contribution is 5.89. The number of rotatable bonds is 11. The summed E-state index contributed by atoms with van der Waals surface area (Å²) in [7, 11) is 3.19. The first-order chi connectivity index (χ1) is 18.9. The van der Waals surface area contributed by atoms with Gasteiger partial charge in [-0.05, 0) is 88.0 Å². The van der Waals surface area contributed by atoms with E-state index in [1.54, 1.807) is 25.3 Å². The summed E-state index contributed by atoms with van der Waals surface area (Å²) in [5.74, 6) is 2.50. The molecular weight excluding hydrogens is 494 g/mol. The molecule has 2 aromatic carbocycles. The maximum absolute atomic E-state index is 12.6. The van der Waals surface area contributed by atoms with E-state index in [0.717, 1.165) is 66.6 Å². The Bertz CT molecular complexity index is 1290. The van der Waals surface area contributed by atoms with Crippen LogP contribution in [0.4, 0.5) is 10.5 Å². The number of carbonyl (C=O) groups is 1. The molecule has 1 amide bonds. The molecule has 8 nitrogen and oxygen atoms in total. The molecule has 0 saturated carbocycles. The van der Waals surface area contributed by atoms with E-state index in [0.29, 0.717) is 23.0 Å². The van der Waals surface area contributed by atoms with Crippen LogP contribution in [-0.2, 0) is 0 Å². The smallest absolute Gasteiger partial charge is 0.412 e. The molecule has 0 aliphatic carbocycles. The van der Waals surface area contributed by atoms with Crippen molar-refractivity contribution in [2.24, 2.45) is 0 Å². The quantitative estimate of drug-likeness (QED) is 0.278. The molecule has 1 aromatic heterocycles. The molecule has 1 unspecified atom stereocenters. The van der Waals surface area contributed by atoms with E-state index >= 15 is 0 Å². The van der Waals surface area contributed by atoms with Crippen molar-refractivity contribution in [2.75, 3.05) is 38.8 Å². The van der Waals surface area contributed by atoms with Gasteiger partial charge in [0.25, 0.3) is 0 Å². The van der Waals surface area contributed by atoms with Crippen LogP contribution in [0.25, 0.3) is 10.9 Å². The summed E-state index contributed by atoms with van der Waals surface area (Å²) < 4.78 is 17.3. The zero-order valence-corrected chi connectivity index (χ0v) is 23.8. The van der Waals surface area contributed by atoms with Gasteiger partial charge in [0.05, 0.1) is 25.4 Å². The standard InChI is InChI=1S/C31H41N3O5/c1-6-10-23(12-16-33-14-8-7-9-15-33)34(31(35)36)26-17-22(3)28(18-21(26)2)39-27-11-13-32-25-20-30(38-5)29(37-4)19-24(25)27/h11,13,17-20,23H,6-10,12,14-16H2,1-5H3,(H,35,36). The zero-order chi connectivity index (χ0) is 27.9. The average molecular weight is 536 g/mol. The molecule has 39 heavy (non-hydrogen) atoms. The predicted octanol–water partition coefficient (Wildman–Crippen LogP) is 7.19. The normalized spacial score (nSPS) is 14.7. The van der Waals surface area contributed by atoms with Gasteiger partial charge in [0.1, 0.15) is 11.5 Å². The number of aryl methyl sites for hydroxylation is 2. The van der Waals surface area contributed by atoms with E-state index in [-0.39, 0.29) is 6.04 Å². The summed E-state index contributed by atoms with van der Waals surface area (Å²) in [4.78, 5) is 21.1. The molecule has 0 bridgehead atoms. The molecule has 1 fully saturated rings. The van der Waals surface area contributed by atoms with Gasteiger partial charge in [0, 0.05) is 30.2 Å². The number of hydrogen-bond donors (Lipinski definition) is 1. The van der Waals surface area contributed by atoms with Crippen LogP contribution < -0.4 is 19.1 Å². The van der Waals surface area contributed by atoms with Crippen molar-refractivity contribution in [2.45, 2.75) is 65.3 Å². The monoisotopic (exact) mass is 535 g/mol. The van der Waals surface area contributed by atoms with E-state index in [2.05, 4.69) is 16.8 Å². The number of methoxy groups -OCH3 is 2. The van der Waals surface area contributed by atoms with Crippen LogP contribution >= 0.6 is 0 Å². The molecule has 1 N–H and O–H groups in total. The summed E-state index contributed by atoms with van der Waals surface area (Å²) in [6, 6.07) is 9.29. The molecule has 1 atom stereocenters. The zero-order valence-electron chi connectivity index (χ0n) is 23.8. The molecule has 210 valence electrons. The van der Waals surface area contributed by atoms with Crippen LogP contribution in [0.5, 0.6) is 23.0 Å². The van der Waals surface area contributed by atoms with Crippen LogP contribution in [0.2, 0.25) is 0 Å². The molecule has 3 aromatic rings. The minimum absolute atomic E-state index is 0.0779. The average Bonchev–Trinajstić information content (AvgIpc) is 2.94. The third-order valence-electron chi connectivity index (χ3n) is 7.60. The molecule has 1 saturated heterocycles. The van der Waals surface area contributed by atoms with Gasteiger partial charge in [-0.2, -0.15) is 0 Å². The Morgan fingerprint density at radius 1 is 0.974 bits per heavy atom. The third-order valence-corrected chi connectivity index (χ3v) is 7.60. The summed E-state index contributed by atoms with van der Waals surface area (Å²) in [6.07, 6.45) is 7.11. The van der Waals surface area contributed by atoms with Crippen molar-refractivity contribution >= 4 is 22.7 Å². The van der Waals surface area contributed by atoms with Gasteiger partial charge in [-0.25, -0.2) is 4.79 Å². The van der Waals surface area contributed by atoms with Gasteiger partial charge in [0.2, 0.25) is 0 Å². The number of fused-ring (bicyclic) bond motifs is 1. The van der Waals surface area contributed by atoms with E-state index in [9.17, 15) is 9.90 Å². The number of likely N-dealkylation sites (tertiary alicyclic amines) is 1. The number of aromatic nitrogens is 1. The number of hydrogen-bond acceptors (Lipinski definition) is 6. The van der Waals surface area contributed by atoms with Crippen molar-refractivity contribution in [3.63, 3.8) is 0 Å². The van der Waals surface area contributed by atoms with Crippen LogP contribution in [0.1, 0.15) is 56.6 Å². The fraction of sp³-hybridized carbons (Fsp3) is 0.484. The Labute approximate surface area is 231 Å². The van der Waals surface area contributed by atoms with E-state index in [4.69, 9.17) is 14.2 Å². The lowest BCUT2D eigenvalue weighted by Gasteiger charge is -2.34. The second-order valence-electron chi connectivity index (χ2n) is 10.3. The summed E-state index contributed by atoms with van der Waals surface area (Å²) in [5.41, 5.74) is 3.16. The molecule has 8 heteroatoms. The van der Waals surface area contributed by atoms with Crippen LogP contribution in [0.15, 0.2) is 36.5 Å². The molecule has 4 rings (SSSR count). The fourth-order valence-electron chi connectivity index (χ4n) is 5.51. The molecule has 0 spiro atoms. The van der Waals surface area contributed by atoms with Crippen LogP contribution in [-0.4, -0.2) is 61.0 Å². The number of amides is 1. The first-order valence-corrected chi connectivity index (χ1v) is 13.9. The lowest BCUT2D eigenvalue weighted by atomic mass is 10.0. The van der Waals surface area contributed by atoms with Gasteiger partial charge in [0.15, 0.2) is 11.5 Å². The van der Waals surface area contributed by atoms with Gasteiger partial charge in [-0.3, -0.25) is 9.88 Å². The molecule has 1 aliphatic heterocycles. The number of benzene rings is 2. The van der Waals surface area contributed by atoms with Gasteiger partial charge < -0.3 is 24.2 Å². The SMILES string of the molecule is CCCC(CCN1CCCCC1)N(C(=O)O)c1cc(C)c(Oc2ccnc3cc(OC)c(OC)cc23)cc1C. The Kier molecular flexibility index (Phi) is 9.51. The minimum atomic E-state index is -0.913. The van der Waals surface area contributed by atoms with Gasteiger partial charge in [-0.15, -0.1) is 0 Å². The molecule has 2 heterocycles. The number of pyridine rings is 1. The molecule has 0 radical (unpaired) electrons. The number of ether oxygens (including phenoxy) is 3. The summed E-state index contributed by atoms with van der Waals surface area (Å²) in [5, 5.41) is 11.1. The summed E-state index contributed by atoms with van der Waals surface area (Å²) >= 11 is 0. The second kappa shape index (κ2) is 13.0. The lowest BCUT2D eigenvalue weighted by Crippen LogP contribution is -2.43. The Morgan fingerprint density at radius 2 is 1.69 bits per heavy atom. The maximum Gasteiger partial charge on any atom is 0.412 e. The van der Waals surface area contributed by atoms with Crippen LogP contribution in [0, 0.1) is 13.8 Å². The van der Waals surface area contributed by atoms with Crippen molar-refractivity contribution in [3.05, 3.63) is 47.7 Å². The third kappa shape index (κ3) is 6.56. The topological polar surface area (TPSA) is 84.4 Å². The maximum atomic E-state index is 12.6. The Balaban J connectivity index is 1.63. The fourth-order valence-corrected chi connectivity index (χ4v) is 5.51. The van der Waals surface area contributed by atoms with Gasteiger partial charge >= 0.3 is 6.09 Å². The Hall–Kier alpha value is -3.52. The summed E-state index contributed by atoms with van der Waals surface area (Å²) in [6.45, 7) is 9.16. The number of piperidine rings is 1. The molecule has 1 aliphatic rings. The highest BCUT2D eigenvalue weighted by Gasteiger charge is 2.27. The predicted molar refractivity (Wildman–Crippen MR) is 155 cm³/mol. The van der Waals surface area contributed by atoms with Crippen molar-refractivity contribution in [3.8, 4) is 23.0 Å². The number of carboxylic acid groups (broad SMARTS) is 1. The highest BCUT2D eigenvalue weighted by atomic mass is 16.5. The minimum Gasteiger partial charge on any atom is -0.493 e. The number of nitrogens with zero attached hydrogens (tertiary/aromatic N) is 3. The van der Waals surface area contributed by atoms with Crippen molar-refractivity contribution in [1.29, 1.82) is 0 Å². The van der Waals surface area contributed by atoms with E-state index in [1.165, 1.54) is 19.3 Å². The number of anilines is 1.